The highest BCUT2D eigenvalue weighted by Gasteiger charge is 2.04. The smallest absolute Gasteiger partial charge is 0.250 e. The van der Waals surface area contributed by atoms with Crippen molar-refractivity contribution in [3.8, 4) is 5.88 Å². The van der Waals surface area contributed by atoms with E-state index in [0.717, 1.165) is 6.07 Å². The summed E-state index contributed by atoms with van der Waals surface area (Å²) in [4.78, 5) is 3.69. The van der Waals surface area contributed by atoms with Gasteiger partial charge in [0.25, 0.3) is 0 Å². The molecule has 4 heteroatoms. The molecule has 1 aromatic heterocycles. The molecule has 0 amide bonds. The number of hydrogen-bond donors (Lipinski definition) is 0. The zero-order valence-corrected chi connectivity index (χ0v) is 7.72. The number of halogens is 2. The largest absolute Gasteiger partial charge is 0.475 e. The second kappa shape index (κ2) is 4.82. The quantitative estimate of drug-likeness (QED) is 0.552. The molecule has 1 rings (SSSR count). The number of nitrogens with zero attached hydrogens (tertiary/aromatic N) is 1. The van der Waals surface area contributed by atoms with E-state index in [2.05, 4.69) is 11.6 Å². The molecule has 0 saturated heterocycles. The minimum Gasteiger partial charge on any atom is -0.475 e. The van der Waals surface area contributed by atoms with E-state index in [-0.39, 0.29) is 10.9 Å². The highest BCUT2D eigenvalue weighted by Crippen LogP contribution is 2.17. The van der Waals surface area contributed by atoms with Crippen molar-refractivity contribution >= 4 is 11.6 Å². The molecule has 1 heterocycles. The van der Waals surface area contributed by atoms with Crippen molar-refractivity contribution in [1.29, 1.82) is 0 Å². The molecule has 2 nitrogen and oxygen atoms in total. The molecule has 0 unspecified atom stereocenters. The van der Waals surface area contributed by atoms with Crippen LogP contribution in [-0.2, 0) is 0 Å². The third kappa shape index (κ3) is 3.03. The zero-order valence-electron chi connectivity index (χ0n) is 6.96. The van der Waals surface area contributed by atoms with Crippen LogP contribution in [0.1, 0.15) is 6.42 Å². The summed E-state index contributed by atoms with van der Waals surface area (Å²) in [6.45, 7) is 3.88. The third-order valence-corrected chi connectivity index (χ3v) is 1.54. The Hall–Kier alpha value is -1.09. The molecule has 13 heavy (non-hydrogen) atoms. The Bertz CT molecular complexity index is 304. The van der Waals surface area contributed by atoms with E-state index in [4.69, 9.17) is 16.3 Å². The topological polar surface area (TPSA) is 22.1 Å². The van der Waals surface area contributed by atoms with E-state index in [9.17, 15) is 4.39 Å². The summed E-state index contributed by atoms with van der Waals surface area (Å²) in [5.74, 6) is -0.567. The molecule has 0 spiro atoms. The Morgan fingerprint density at radius 2 is 2.46 bits per heavy atom. The van der Waals surface area contributed by atoms with Crippen LogP contribution in [0.4, 0.5) is 4.39 Å². The van der Waals surface area contributed by atoms with Gasteiger partial charge in [0.15, 0.2) is 5.82 Å². The normalized spacial score (nSPS) is 9.69. The van der Waals surface area contributed by atoms with Crippen molar-refractivity contribution in [1.82, 2.24) is 4.98 Å². The zero-order chi connectivity index (χ0) is 9.68. The number of hydrogen-bond acceptors (Lipinski definition) is 2. The SMILES string of the molecule is C=CCCOc1ncc(Cl)cc1F. The highest BCUT2D eigenvalue weighted by atomic mass is 35.5. The average molecular weight is 202 g/mol. The monoisotopic (exact) mass is 201 g/mol. The molecule has 0 aromatic carbocycles. The molecular weight excluding hydrogens is 193 g/mol. The molecule has 1 aromatic rings. The molecule has 0 saturated carbocycles. The van der Waals surface area contributed by atoms with E-state index < -0.39 is 5.82 Å². The van der Waals surface area contributed by atoms with Crippen LogP contribution in [0, 0.1) is 5.82 Å². The molecule has 0 aliphatic rings. The van der Waals surface area contributed by atoms with E-state index in [0.29, 0.717) is 13.0 Å². The number of rotatable bonds is 4. The third-order valence-electron chi connectivity index (χ3n) is 1.33. The summed E-state index contributed by atoms with van der Waals surface area (Å²) >= 11 is 5.50. The van der Waals surface area contributed by atoms with Gasteiger partial charge in [0.2, 0.25) is 5.88 Å². The summed E-state index contributed by atoms with van der Waals surface area (Å²) in [6, 6.07) is 1.16. The van der Waals surface area contributed by atoms with Crippen molar-refractivity contribution in [2.45, 2.75) is 6.42 Å². The fourth-order valence-corrected chi connectivity index (χ4v) is 0.892. The first-order valence-corrected chi connectivity index (χ1v) is 4.16. The van der Waals surface area contributed by atoms with Gasteiger partial charge in [0.1, 0.15) is 0 Å². The van der Waals surface area contributed by atoms with Gasteiger partial charge in [-0.3, -0.25) is 0 Å². The maximum atomic E-state index is 13.0. The van der Waals surface area contributed by atoms with Gasteiger partial charge in [-0.1, -0.05) is 17.7 Å². The fraction of sp³-hybridized carbons (Fsp3) is 0.222. The summed E-state index contributed by atoms with van der Waals surface area (Å²) in [5.41, 5.74) is 0. The van der Waals surface area contributed by atoms with E-state index in [1.54, 1.807) is 6.08 Å². The number of pyridine rings is 1. The minimum atomic E-state index is -0.545. The van der Waals surface area contributed by atoms with Crippen LogP contribution >= 0.6 is 11.6 Å². The lowest BCUT2D eigenvalue weighted by atomic mass is 10.4. The Balaban J connectivity index is 2.61. The lowest BCUT2D eigenvalue weighted by molar-refractivity contribution is 0.294. The van der Waals surface area contributed by atoms with Gasteiger partial charge < -0.3 is 4.74 Å². The predicted octanol–water partition coefficient (Wildman–Crippen LogP) is 2.83. The van der Waals surface area contributed by atoms with Gasteiger partial charge in [-0.15, -0.1) is 6.58 Å². The predicted molar refractivity (Wildman–Crippen MR) is 49.5 cm³/mol. The van der Waals surface area contributed by atoms with E-state index >= 15 is 0 Å². The van der Waals surface area contributed by atoms with Gasteiger partial charge in [0, 0.05) is 6.20 Å². The first-order valence-electron chi connectivity index (χ1n) is 3.79. The standard InChI is InChI=1S/C9H9ClFNO/c1-2-3-4-13-9-8(11)5-7(10)6-12-9/h2,5-6H,1,3-4H2. The first kappa shape index (κ1) is 9.99. The van der Waals surface area contributed by atoms with Crippen LogP contribution in [0.25, 0.3) is 0 Å². The molecule has 0 bridgehead atoms. The van der Waals surface area contributed by atoms with E-state index in [1.807, 2.05) is 0 Å². The lowest BCUT2D eigenvalue weighted by Crippen LogP contribution is -1.99. The maximum Gasteiger partial charge on any atom is 0.250 e. The van der Waals surface area contributed by atoms with Crippen molar-refractivity contribution in [3.63, 3.8) is 0 Å². The van der Waals surface area contributed by atoms with Crippen LogP contribution < -0.4 is 4.74 Å². The average Bonchev–Trinajstić information content (AvgIpc) is 2.09. The van der Waals surface area contributed by atoms with Gasteiger partial charge >= 0.3 is 0 Å². The molecule has 0 fully saturated rings. The number of ether oxygens (including phenoxy) is 1. The van der Waals surface area contributed by atoms with Crippen LogP contribution in [-0.4, -0.2) is 11.6 Å². The van der Waals surface area contributed by atoms with Crippen molar-refractivity contribution in [2.75, 3.05) is 6.61 Å². The number of aromatic nitrogens is 1. The van der Waals surface area contributed by atoms with Crippen molar-refractivity contribution in [2.24, 2.45) is 0 Å². The highest BCUT2D eigenvalue weighted by molar-refractivity contribution is 6.30. The van der Waals surface area contributed by atoms with Crippen LogP contribution in [0.2, 0.25) is 5.02 Å². The van der Waals surface area contributed by atoms with Gasteiger partial charge in [-0.2, -0.15) is 0 Å². The summed E-state index contributed by atoms with van der Waals surface area (Å²) in [6.07, 6.45) is 3.69. The first-order chi connectivity index (χ1) is 6.24. The minimum absolute atomic E-state index is 0.0220. The molecular formula is C9H9ClFNO. The summed E-state index contributed by atoms with van der Waals surface area (Å²) in [7, 11) is 0. The summed E-state index contributed by atoms with van der Waals surface area (Å²) < 4.78 is 18.0. The Morgan fingerprint density at radius 3 is 3.08 bits per heavy atom. The van der Waals surface area contributed by atoms with Crippen LogP contribution in [0.5, 0.6) is 5.88 Å². The Labute approximate surface area is 81.0 Å². The van der Waals surface area contributed by atoms with Crippen molar-refractivity contribution in [3.05, 3.63) is 35.8 Å². The van der Waals surface area contributed by atoms with Gasteiger partial charge in [-0.05, 0) is 12.5 Å². The van der Waals surface area contributed by atoms with E-state index in [1.165, 1.54) is 6.20 Å². The molecule has 0 atom stereocenters. The maximum absolute atomic E-state index is 13.0. The summed E-state index contributed by atoms with van der Waals surface area (Å²) in [5, 5.41) is 0.258. The second-order valence-corrected chi connectivity index (χ2v) is 2.80. The molecule has 0 radical (unpaired) electrons. The van der Waals surface area contributed by atoms with Crippen LogP contribution in [0.15, 0.2) is 24.9 Å². The molecule has 0 N–H and O–H groups in total. The Kier molecular flexibility index (Phi) is 3.71. The van der Waals surface area contributed by atoms with Crippen LogP contribution in [0.3, 0.4) is 0 Å². The van der Waals surface area contributed by atoms with Gasteiger partial charge in [0.05, 0.1) is 11.6 Å². The second-order valence-electron chi connectivity index (χ2n) is 2.37. The molecule has 0 aliphatic carbocycles. The Morgan fingerprint density at radius 1 is 1.69 bits per heavy atom. The van der Waals surface area contributed by atoms with Crippen molar-refractivity contribution < 1.29 is 9.13 Å². The lowest BCUT2D eigenvalue weighted by Gasteiger charge is -2.03. The molecule has 70 valence electrons. The fourth-order valence-electron chi connectivity index (χ4n) is 0.747. The molecule has 0 aliphatic heterocycles. The van der Waals surface area contributed by atoms with Gasteiger partial charge in [-0.25, -0.2) is 9.37 Å².